The number of halogens is 2. The summed E-state index contributed by atoms with van der Waals surface area (Å²) in [4.78, 5) is 4.55. The molecule has 0 aliphatic rings. The number of ether oxygens (including phenoxy) is 1. The molecule has 140 valence electrons. The van der Waals surface area contributed by atoms with Gasteiger partial charge in [0.15, 0.2) is 0 Å². The van der Waals surface area contributed by atoms with Gasteiger partial charge in [0.2, 0.25) is 0 Å². The molecule has 0 aliphatic carbocycles. The number of hydrogen-bond donors (Lipinski definition) is 0. The van der Waals surface area contributed by atoms with E-state index in [1.807, 2.05) is 12.1 Å². The van der Waals surface area contributed by atoms with Crippen molar-refractivity contribution in [1.82, 2.24) is 4.98 Å². The van der Waals surface area contributed by atoms with Crippen LogP contribution in [0.5, 0.6) is 5.75 Å². The van der Waals surface area contributed by atoms with Crippen LogP contribution in [0.2, 0.25) is 0 Å². The Labute approximate surface area is 158 Å². The maximum absolute atomic E-state index is 12.2. The maximum atomic E-state index is 12.2. The molecule has 0 radical (unpaired) electrons. The van der Waals surface area contributed by atoms with Crippen LogP contribution in [-0.2, 0) is 6.42 Å². The van der Waals surface area contributed by atoms with E-state index in [9.17, 15) is 8.78 Å². The van der Waals surface area contributed by atoms with E-state index < -0.39 is 6.61 Å². The molecule has 2 nitrogen and oxygen atoms in total. The minimum absolute atomic E-state index is 0.150. The quantitative estimate of drug-likeness (QED) is 0.411. The van der Waals surface area contributed by atoms with Crippen molar-refractivity contribution in [2.75, 3.05) is 0 Å². The first-order chi connectivity index (χ1) is 13.2. The molecule has 0 spiro atoms. The Balaban J connectivity index is 1.68. The Bertz CT molecular complexity index is 828. The van der Waals surface area contributed by atoms with E-state index in [-0.39, 0.29) is 5.75 Å². The van der Waals surface area contributed by atoms with Crippen molar-refractivity contribution in [1.29, 1.82) is 0 Å². The Morgan fingerprint density at radius 3 is 2.07 bits per heavy atom. The Kier molecular flexibility index (Phi) is 6.53. The molecule has 0 aliphatic heterocycles. The van der Waals surface area contributed by atoms with E-state index in [0.717, 1.165) is 28.8 Å². The van der Waals surface area contributed by atoms with E-state index in [2.05, 4.69) is 40.9 Å². The molecule has 0 saturated heterocycles. The monoisotopic (exact) mass is 367 g/mol. The topological polar surface area (TPSA) is 22.1 Å². The van der Waals surface area contributed by atoms with Gasteiger partial charge in [-0.05, 0) is 42.2 Å². The number of aryl methyl sites for hydroxylation is 1. The van der Waals surface area contributed by atoms with Crippen molar-refractivity contribution in [3.8, 4) is 28.1 Å². The van der Waals surface area contributed by atoms with Gasteiger partial charge in [0.05, 0.1) is 5.69 Å². The number of nitrogens with zero attached hydrogens (tertiary/aromatic N) is 1. The molecule has 1 aromatic heterocycles. The SMILES string of the molecule is CCCCCc1ccc(-c2ccc(-c3ccc(OC(F)F)cc3)cn2)cc1. The van der Waals surface area contributed by atoms with Crippen LogP contribution in [0.3, 0.4) is 0 Å². The third kappa shape index (κ3) is 5.36. The maximum Gasteiger partial charge on any atom is 0.387 e. The van der Waals surface area contributed by atoms with Gasteiger partial charge in [-0.3, -0.25) is 4.98 Å². The van der Waals surface area contributed by atoms with Gasteiger partial charge in [-0.2, -0.15) is 8.78 Å². The fraction of sp³-hybridized carbons (Fsp3) is 0.261. The van der Waals surface area contributed by atoms with Gasteiger partial charge in [0.25, 0.3) is 0 Å². The lowest BCUT2D eigenvalue weighted by Gasteiger charge is -2.07. The molecule has 2 aromatic carbocycles. The normalized spacial score (nSPS) is 11.0. The number of alkyl halides is 2. The summed E-state index contributed by atoms with van der Waals surface area (Å²) < 4.78 is 28.8. The second-order valence-electron chi connectivity index (χ2n) is 6.49. The van der Waals surface area contributed by atoms with Crippen molar-refractivity contribution >= 4 is 0 Å². The van der Waals surface area contributed by atoms with Gasteiger partial charge >= 0.3 is 6.61 Å². The highest BCUT2D eigenvalue weighted by Gasteiger charge is 2.06. The number of rotatable bonds is 8. The molecule has 0 bridgehead atoms. The highest BCUT2D eigenvalue weighted by molar-refractivity contribution is 5.67. The molecule has 4 heteroatoms. The molecule has 0 amide bonds. The molecule has 0 unspecified atom stereocenters. The summed E-state index contributed by atoms with van der Waals surface area (Å²) in [7, 11) is 0. The molecular weight excluding hydrogens is 344 g/mol. The second kappa shape index (κ2) is 9.26. The second-order valence-corrected chi connectivity index (χ2v) is 6.49. The Morgan fingerprint density at radius 2 is 1.48 bits per heavy atom. The zero-order chi connectivity index (χ0) is 19.1. The van der Waals surface area contributed by atoms with Gasteiger partial charge in [-0.25, -0.2) is 0 Å². The number of aromatic nitrogens is 1. The van der Waals surface area contributed by atoms with Crippen LogP contribution < -0.4 is 4.74 Å². The number of hydrogen-bond acceptors (Lipinski definition) is 2. The lowest BCUT2D eigenvalue weighted by molar-refractivity contribution is -0.0498. The predicted octanol–water partition coefficient (Wildman–Crippen LogP) is 6.75. The largest absolute Gasteiger partial charge is 0.435 e. The third-order valence-corrected chi connectivity index (χ3v) is 4.50. The molecule has 0 fully saturated rings. The van der Waals surface area contributed by atoms with Crippen molar-refractivity contribution in [3.05, 3.63) is 72.4 Å². The molecule has 0 saturated carbocycles. The van der Waals surface area contributed by atoms with E-state index in [0.29, 0.717) is 0 Å². The fourth-order valence-electron chi connectivity index (χ4n) is 2.99. The van der Waals surface area contributed by atoms with Crippen LogP contribution in [0.1, 0.15) is 31.7 Å². The van der Waals surface area contributed by atoms with Crippen molar-refractivity contribution < 1.29 is 13.5 Å². The molecule has 3 rings (SSSR count). The van der Waals surface area contributed by atoms with Crippen molar-refractivity contribution in [2.24, 2.45) is 0 Å². The van der Waals surface area contributed by atoms with Crippen LogP contribution in [0.25, 0.3) is 22.4 Å². The first kappa shape index (κ1) is 19.0. The van der Waals surface area contributed by atoms with Gasteiger partial charge in [-0.15, -0.1) is 0 Å². The minimum atomic E-state index is -2.81. The van der Waals surface area contributed by atoms with Crippen LogP contribution in [-0.4, -0.2) is 11.6 Å². The smallest absolute Gasteiger partial charge is 0.387 e. The van der Waals surface area contributed by atoms with Gasteiger partial charge in [0, 0.05) is 17.3 Å². The van der Waals surface area contributed by atoms with Gasteiger partial charge < -0.3 is 4.74 Å². The standard InChI is InChI=1S/C23H23F2NO/c1-2-3-4-5-17-6-8-19(9-7-17)22-15-12-20(16-26-22)18-10-13-21(14-11-18)27-23(24)25/h6-16,23H,2-5H2,1H3. The van der Waals surface area contributed by atoms with Crippen molar-refractivity contribution in [2.45, 2.75) is 39.2 Å². The van der Waals surface area contributed by atoms with Crippen LogP contribution in [0.4, 0.5) is 8.78 Å². The highest BCUT2D eigenvalue weighted by Crippen LogP contribution is 2.25. The van der Waals surface area contributed by atoms with Gasteiger partial charge in [0.1, 0.15) is 5.75 Å². The van der Waals surface area contributed by atoms with Crippen LogP contribution >= 0.6 is 0 Å². The average molecular weight is 367 g/mol. The van der Waals surface area contributed by atoms with Crippen LogP contribution in [0.15, 0.2) is 66.9 Å². The lowest BCUT2D eigenvalue weighted by atomic mass is 10.0. The lowest BCUT2D eigenvalue weighted by Crippen LogP contribution is -2.01. The summed E-state index contributed by atoms with van der Waals surface area (Å²) in [5, 5.41) is 0. The number of pyridine rings is 1. The molecule has 0 N–H and O–H groups in total. The van der Waals surface area contributed by atoms with E-state index in [1.54, 1.807) is 18.3 Å². The van der Waals surface area contributed by atoms with E-state index >= 15 is 0 Å². The molecule has 27 heavy (non-hydrogen) atoms. The number of unbranched alkanes of at least 4 members (excludes halogenated alkanes) is 2. The predicted molar refractivity (Wildman–Crippen MR) is 105 cm³/mol. The molecule has 1 heterocycles. The summed E-state index contributed by atoms with van der Waals surface area (Å²) >= 11 is 0. The first-order valence-electron chi connectivity index (χ1n) is 9.26. The zero-order valence-electron chi connectivity index (χ0n) is 15.4. The Hall–Kier alpha value is -2.75. The first-order valence-corrected chi connectivity index (χ1v) is 9.26. The van der Waals surface area contributed by atoms with E-state index in [4.69, 9.17) is 0 Å². The molecular formula is C23H23F2NO. The average Bonchev–Trinajstić information content (AvgIpc) is 2.69. The van der Waals surface area contributed by atoms with Crippen molar-refractivity contribution in [3.63, 3.8) is 0 Å². The van der Waals surface area contributed by atoms with Crippen LogP contribution in [0, 0.1) is 0 Å². The van der Waals surface area contributed by atoms with E-state index in [1.165, 1.54) is 37.0 Å². The zero-order valence-corrected chi connectivity index (χ0v) is 15.4. The summed E-state index contributed by atoms with van der Waals surface area (Å²) in [5.41, 5.74) is 5.19. The highest BCUT2D eigenvalue weighted by atomic mass is 19.3. The fourth-order valence-corrected chi connectivity index (χ4v) is 2.99. The van der Waals surface area contributed by atoms with Gasteiger partial charge in [-0.1, -0.05) is 62.2 Å². The summed E-state index contributed by atoms with van der Waals surface area (Å²) in [6, 6.07) is 19.1. The third-order valence-electron chi connectivity index (χ3n) is 4.50. The summed E-state index contributed by atoms with van der Waals surface area (Å²) in [6.07, 6.45) is 6.64. The minimum Gasteiger partial charge on any atom is -0.435 e. The number of benzene rings is 2. The summed E-state index contributed by atoms with van der Waals surface area (Å²) in [6.45, 7) is -0.598. The summed E-state index contributed by atoms with van der Waals surface area (Å²) in [5.74, 6) is 0.150. The Morgan fingerprint density at radius 1 is 0.815 bits per heavy atom. The molecule has 0 atom stereocenters. The molecule has 3 aromatic rings.